The molecule has 0 aliphatic carbocycles. The summed E-state index contributed by atoms with van der Waals surface area (Å²) in [7, 11) is 0. The molecule has 0 aromatic heterocycles. The van der Waals surface area contributed by atoms with Crippen molar-refractivity contribution in [3.63, 3.8) is 0 Å². The van der Waals surface area contributed by atoms with Crippen molar-refractivity contribution in [2.75, 3.05) is 26.4 Å². The molecule has 0 saturated carbocycles. The summed E-state index contributed by atoms with van der Waals surface area (Å²) in [6, 6.07) is 0. The average molecular weight is 550 g/mol. The van der Waals surface area contributed by atoms with E-state index in [0.717, 1.165) is 19.3 Å². The Labute approximate surface area is 224 Å². The Balaban J connectivity index is 1.30. The van der Waals surface area contributed by atoms with Crippen LogP contribution in [-0.4, -0.2) is 119 Å². The molecule has 12 nitrogen and oxygen atoms in total. The highest BCUT2D eigenvalue weighted by Crippen LogP contribution is 2.39. The fourth-order valence-corrected chi connectivity index (χ4v) is 4.98. The van der Waals surface area contributed by atoms with Gasteiger partial charge < -0.3 is 54.5 Å². The molecule has 0 aromatic rings. The molecule has 0 aromatic carbocycles. The zero-order valence-electron chi connectivity index (χ0n) is 22.4. The smallest absolute Gasteiger partial charge is 0.219 e. The van der Waals surface area contributed by atoms with E-state index in [0.29, 0.717) is 19.4 Å². The number of aliphatic hydroxyl groups excluding tert-OH is 5. The van der Waals surface area contributed by atoms with E-state index in [2.05, 4.69) is 12.2 Å². The largest absolute Gasteiger partial charge is 0.394 e. The van der Waals surface area contributed by atoms with Gasteiger partial charge in [-0.15, -0.1) is 0 Å². The number of hydrogen-bond donors (Lipinski definition) is 6. The minimum absolute atomic E-state index is 0.000772. The molecule has 3 rings (SSSR count). The number of fused-ring (bicyclic) bond motifs is 1. The summed E-state index contributed by atoms with van der Waals surface area (Å²) in [5.74, 6) is -0.000772. The molecular formula is C26H47NO11. The molecule has 4 unspecified atom stereocenters. The predicted molar refractivity (Wildman–Crippen MR) is 134 cm³/mol. The molecular weight excluding hydrogens is 502 g/mol. The van der Waals surface area contributed by atoms with Crippen molar-refractivity contribution in [1.29, 1.82) is 0 Å². The van der Waals surface area contributed by atoms with E-state index >= 15 is 0 Å². The van der Waals surface area contributed by atoms with E-state index in [1.807, 2.05) is 0 Å². The van der Waals surface area contributed by atoms with Crippen LogP contribution in [0.3, 0.4) is 0 Å². The molecule has 3 heterocycles. The van der Waals surface area contributed by atoms with Crippen molar-refractivity contribution in [2.45, 2.75) is 133 Å². The first-order valence-corrected chi connectivity index (χ1v) is 14.2. The highest BCUT2D eigenvalue weighted by Gasteiger charge is 2.59. The van der Waals surface area contributed by atoms with Crippen LogP contribution in [0.15, 0.2) is 0 Å². The topological polar surface area (TPSA) is 180 Å². The normalized spacial score (nSPS) is 36.6. The number of ether oxygens (including phenoxy) is 5. The summed E-state index contributed by atoms with van der Waals surface area (Å²) in [5, 5.41) is 53.6. The Hall–Kier alpha value is -0.930. The lowest BCUT2D eigenvalue weighted by atomic mass is 9.98. The number of carbonyl (C=O) groups is 1. The first kappa shape index (κ1) is 31.6. The molecule has 3 aliphatic rings. The van der Waals surface area contributed by atoms with Crippen molar-refractivity contribution in [2.24, 2.45) is 0 Å². The zero-order valence-corrected chi connectivity index (χ0v) is 22.4. The van der Waals surface area contributed by atoms with Crippen LogP contribution in [0.4, 0.5) is 0 Å². The third-order valence-corrected chi connectivity index (χ3v) is 7.33. The Kier molecular flexibility index (Phi) is 13.6. The second-order valence-electron chi connectivity index (χ2n) is 10.4. The molecule has 0 radical (unpaired) electrons. The highest BCUT2D eigenvalue weighted by molar-refractivity contribution is 5.75. The summed E-state index contributed by atoms with van der Waals surface area (Å²) in [4.78, 5) is 12.0. The van der Waals surface area contributed by atoms with Crippen molar-refractivity contribution < 1.29 is 54.0 Å². The van der Waals surface area contributed by atoms with E-state index in [9.17, 15) is 30.3 Å². The molecule has 10 atom stereocenters. The van der Waals surface area contributed by atoms with Crippen molar-refractivity contribution in [3.8, 4) is 0 Å². The Morgan fingerprint density at radius 2 is 1.42 bits per heavy atom. The fraction of sp³-hybridized carbons (Fsp3) is 0.962. The number of rotatable bonds is 18. The maximum atomic E-state index is 12.0. The van der Waals surface area contributed by atoms with Gasteiger partial charge in [-0.2, -0.15) is 0 Å². The van der Waals surface area contributed by atoms with Crippen LogP contribution in [0.5, 0.6) is 0 Å². The van der Waals surface area contributed by atoms with Crippen LogP contribution in [0.2, 0.25) is 0 Å². The molecule has 12 heteroatoms. The van der Waals surface area contributed by atoms with Gasteiger partial charge in [-0.1, -0.05) is 51.9 Å². The van der Waals surface area contributed by atoms with Crippen molar-refractivity contribution in [3.05, 3.63) is 0 Å². The lowest BCUT2D eigenvalue weighted by Crippen LogP contribution is -2.62. The highest BCUT2D eigenvalue weighted by atomic mass is 16.8. The minimum atomic E-state index is -1.50. The average Bonchev–Trinajstić information content (AvgIpc) is 3.72. The van der Waals surface area contributed by atoms with Gasteiger partial charge in [0.25, 0.3) is 0 Å². The van der Waals surface area contributed by atoms with Crippen LogP contribution < -0.4 is 5.32 Å². The van der Waals surface area contributed by atoms with Gasteiger partial charge in [-0.25, -0.2) is 0 Å². The van der Waals surface area contributed by atoms with Crippen LogP contribution in [0, 0.1) is 0 Å². The first-order valence-electron chi connectivity index (χ1n) is 14.2. The molecule has 6 N–H and O–H groups in total. The molecule has 38 heavy (non-hydrogen) atoms. The van der Waals surface area contributed by atoms with Crippen LogP contribution in [0.25, 0.3) is 0 Å². The number of unbranched alkanes of at least 4 members (excludes halogenated alkanes) is 7. The van der Waals surface area contributed by atoms with Gasteiger partial charge in [0.15, 0.2) is 12.6 Å². The second-order valence-corrected chi connectivity index (χ2v) is 10.4. The lowest BCUT2D eigenvalue weighted by Gasteiger charge is -2.43. The maximum absolute atomic E-state index is 12.0. The van der Waals surface area contributed by atoms with Crippen LogP contribution in [-0.2, 0) is 28.5 Å². The summed E-state index contributed by atoms with van der Waals surface area (Å²) < 4.78 is 27.7. The van der Waals surface area contributed by atoms with Gasteiger partial charge in [0.2, 0.25) is 5.91 Å². The number of carbonyl (C=O) groups excluding carboxylic acids is 1. The number of epoxide rings is 1. The molecule has 3 aliphatic heterocycles. The summed E-state index contributed by atoms with van der Waals surface area (Å²) in [6.45, 7) is 1.88. The SMILES string of the molecule is CCCCCCCCCCC(=O)NCCCO[C@H]1OC(CO)[C@H](O[C@@H]2OC(CO)[C@@H]3O[C@H]3C2O)[C@@H](O)C1O. The first-order chi connectivity index (χ1) is 18.4. The van der Waals surface area contributed by atoms with Gasteiger partial charge in [-0.05, 0) is 12.8 Å². The zero-order chi connectivity index (χ0) is 27.5. The van der Waals surface area contributed by atoms with E-state index in [1.165, 1.54) is 32.1 Å². The Morgan fingerprint density at radius 3 is 2.11 bits per heavy atom. The monoisotopic (exact) mass is 549 g/mol. The Morgan fingerprint density at radius 1 is 0.763 bits per heavy atom. The number of nitrogens with one attached hydrogen (secondary N) is 1. The number of amides is 1. The molecule has 1 amide bonds. The fourth-order valence-electron chi connectivity index (χ4n) is 4.98. The van der Waals surface area contributed by atoms with E-state index in [1.54, 1.807) is 0 Å². The Bertz CT molecular complexity index is 684. The van der Waals surface area contributed by atoms with Gasteiger partial charge in [0.05, 0.1) is 19.8 Å². The van der Waals surface area contributed by atoms with Gasteiger partial charge in [0, 0.05) is 13.0 Å². The van der Waals surface area contributed by atoms with E-state index < -0.39 is 68.0 Å². The van der Waals surface area contributed by atoms with Crippen molar-refractivity contribution >= 4 is 5.91 Å². The maximum Gasteiger partial charge on any atom is 0.219 e. The van der Waals surface area contributed by atoms with E-state index in [4.69, 9.17) is 23.7 Å². The molecule has 3 saturated heterocycles. The third-order valence-electron chi connectivity index (χ3n) is 7.33. The predicted octanol–water partition coefficient (Wildman–Crippen LogP) is -0.290. The van der Waals surface area contributed by atoms with Gasteiger partial charge in [-0.3, -0.25) is 4.79 Å². The van der Waals surface area contributed by atoms with Gasteiger partial charge >= 0.3 is 0 Å². The lowest BCUT2D eigenvalue weighted by molar-refractivity contribution is -0.341. The second kappa shape index (κ2) is 16.4. The third kappa shape index (κ3) is 9.05. The van der Waals surface area contributed by atoms with Crippen LogP contribution >= 0.6 is 0 Å². The quantitative estimate of drug-likeness (QED) is 0.0977. The van der Waals surface area contributed by atoms with Gasteiger partial charge in [0.1, 0.15) is 48.8 Å². The minimum Gasteiger partial charge on any atom is -0.394 e. The molecule has 0 spiro atoms. The summed E-state index contributed by atoms with van der Waals surface area (Å²) >= 11 is 0. The van der Waals surface area contributed by atoms with E-state index in [-0.39, 0.29) is 19.1 Å². The van der Waals surface area contributed by atoms with Crippen LogP contribution in [0.1, 0.15) is 71.1 Å². The standard InChI is InChI=1S/C26H47NO11/c1-2-3-4-5-6-7-8-9-11-18(30)27-12-10-13-34-25-20(32)19(31)22(16(14-28)35-25)38-26-21(33)24-23(37-24)17(15-29)36-26/h16-17,19-26,28-29,31-33H,2-15H2,1H3,(H,27,30)/t16?,17?,19-,20?,21?,22-,23-,24-,25-,26-/m0/s1. The number of aliphatic hydroxyl groups is 5. The van der Waals surface area contributed by atoms with Crippen molar-refractivity contribution in [1.82, 2.24) is 5.32 Å². The summed E-state index contributed by atoms with van der Waals surface area (Å²) in [6.07, 6.45) is -0.179. The molecule has 222 valence electrons. The summed E-state index contributed by atoms with van der Waals surface area (Å²) in [5.41, 5.74) is 0. The molecule has 3 fully saturated rings. The molecule has 0 bridgehead atoms. The number of hydrogen-bond acceptors (Lipinski definition) is 11.